The first-order chi connectivity index (χ1) is 30.2. The average molecular weight is 798 g/mol. The van der Waals surface area contributed by atoms with Gasteiger partial charge in [-0.3, -0.25) is 4.57 Å². The number of benzene rings is 8. The fraction of sp³-hybridized carbons (Fsp3) is 0. The number of furan rings is 1. The molecule has 13 aromatic rings. The lowest BCUT2D eigenvalue weighted by atomic mass is 10.00. The van der Waals surface area contributed by atoms with Crippen LogP contribution in [-0.2, 0) is 0 Å². The van der Waals surface area contributed by atoms with Crippen LogP contribution in [0.15, 0.2) is 192 Å². The zero-order valence-corrected chi connectivity index (χ0v) is 33.3. The van der Waals surface area contributed by atoms with E-state index in [-0.39, 0.29) is 0 Å². The molecule has 0 saturated carbocycles. The van der Waals surface area contributed by atoms with Crippen LogP contribution in [0, 0.1) is 0 Å². The summed E-state index contributed by atoms with van der Waals surface area (Å²) in [6, 6.07) is 65.6. The molecule has 13 rings (SSSR count). The molecule has 7 heteroatoms. The van der Waals surface area contributed by atoms with Crippen LogP contribution in [0.4, 0.5) is 0 Å². The van der Waals surface area contributed by atoms with Crippen LogP contribution < -0.4 is 0 Å². The summed E-state index contributed by atoms with van der Waals surface area (Å²) in [5.41, 5.74) is 10.3. The quantitative estimate of drug-likeness (QED) is 0.173. The first-order valence-corrected chi connectivity index (χ1v) is 21.1. The Balaban J connectivity index is 1.10. The van der Waals surface area contributed by atoms with E-state index in [1.165, 1.54) is 25.7 Å². The van der Waals surface area contributed by atoms with Crippen LogP contribution in [0.1, 0.15) is 0 Å². The highest BCUT2D eigenvalue weighted by Crippen LogP contribution is 2.43. The maximum Gasteiger partial charge on any atom is 0.231 e. The molecule has 284 valence electrons. The highest BCUT2D eigenvalue weighted by molar-refractivity contribution is 7.26. The van der Waals surface area contributed by atoms with Gasteiger partial charge in [0.05, 0.1) is 27.6 Å². The fourth-order valence-electron chi connectivity index (χ4n) is 9.04. The maximum absolute atomic E-state index is 6.44. The predicted molar refractivity (Wildman–Crippen MR) is 251 cm³/mol. The van der Waals surface area contributed by atoms with Crippen molar-refractivity contribution in [2.75, 3.05) is 0 Å². The Morgan fingerprint density at radius 3 is 1.89 bits per heavy atom. The van der Waals surface area contributed by atoms with E-state index in [9.17, 15) is 0 Å². The highest BCUT2D eigenvalue weighted by Gasteiger charge is 2.22. The molecule has 5 aromatic heterocycles. The molecule has 0 aliphatic heterocycles. The van der Waals surface area contributed by atoms with Gasteiger partial charge in [0.2, 0.25) is 5.71 Å². The molecule has 0 radical (unpaired) electrons. The SMILES string of the molecule is c1ccc(-c2nc(-n3c4ccc(-c5nc(-c6ccccc6)c6c(n5)oc5ccccc56)cc4c4cc(-c5cccc6c5sc5ccccc56)ccc43)c3ccccc3n2)cc1. The number of para-hydroxylation sites is 2. The molecule has 0 spiro atoms. The minimum absolute atomic E-state index is 0.562. The minimum atomic E-state index is 0.562. The number of nitrogens with zero attached hydrogens (tertiary/aromatic N) is 5. The normalized spacial score (nSPS) is 11.9. The Bertz CT molecular complexity index is 3890. The zero-order valence-electron chi connectivity index (χ0n) is 32.5. The summed E-state index contributed by atoms with van der Waals surface area (Å²) in [6.45, 7) is 0. The molecule has 0 saturated heterocycles. The van der Waals surface area contributed by atoms with Crippen LogP contribution in [-0.4, -0.2) is 24.5 Å². The van der Waals surface area contributed by atoms with Gasteiger partial charge in [0.1, 0.15) is 11.4 Å². The van der Waals surface area contributed by atoms with E-state index in [1.807, 2.05) is 72.0 Å². The molecule has 61 heavy (non-hydrogen) atoms. The average Bonchev–Trinajstić information content (AvgIpc) is 4.00. The van der Waals surface area contributed by atoms with Crippen LogP contribution in [0.3, 0.4) is 0 Å². The Labute approximate surface area is 352 Å². The third-order valence-electron chi connectivity index (χ3n) is 11.9. The summed E-state index contributed by atoms with van der Waals surface area (Å²) in [5.74, 6) is 2.09. The molecule has 0 atom stereocenters. The monoisotopic (exact) mass is 797 g/mol. The second kappa shape index (κ2) is 13.3. The minimum Gasteiger partial charge on any atom is -0.438 e. The first-order valence-electron chi connectivity index (χ1n) is 20.3. The van der Waals surface area contributed by atoms with Crippen LogP contribution in [0.2, 0.25) is 0 Å². The van der Waals surface area contributed by atoms with E-state index < -0.39 is 0 Å². The van der Waals surface area contributed by atoms with Gasteiger partial charge in [-0.05, 0) is 65.7 Å². The maximum atomic E-state index is 6.44. The van der Waals surface area contributed by atoms with E-state index >= 15 is 0 Å². The van der Waals surface area contributed by atoms with Gasteiger partial charge in [-0.1, -0.05) is 133 Å². The first kappa shape index (κ1) is 33.9. The van der Waals surface area contributed by atoms with Gasteiger partial charge in [-0.25, -0.2) is 15.0 Å². The summed E-state index contributed by atoms with van der Waals surface area (Å²) >= 11 is 1.85. The number of hydrogen-bond acceptors (Lipinski definition) is 6. The molecule has 8 aromatic carbocycles. The van der Waals surface area contributed by atoms with Crippen molar-refractivity contribution >= 4 is 86.3 Å². The third-order valence-corrected chi connectivity index (χ3v) is 13.1. The summed E-state index contributed by atoms with van der Waals surface area (Å²) in [5, 5.41) is 7.60. The lowest BCUT2D eigenvalue weighted by Crippen LogP contribution is -2.02. The van der Waals surface area contributed by atoms with Gasteiger partial charge in [0, 0.05) is 58.4 Å². The van der Waals surface area contributed by atoms with Crippen molar-refractivity contribution < 1.29 is 4.42 Å². The summed E-state index contributed by atoms with van der Waals surface area (Å²) in [4.78, 5) is 20.9. The number of fused-ring (bicyclic) bond motifs is 10. The smallest absolute Gasteiger partial charge is 0.231 e. The topological polar surface area (TPSA) is 69.6 Å². The third kappa shape index (κ3) is 5.27. The van der Waals surface area contributed by atoms with Crippen LogP contribution >= 0.6 is 11.3 Å². The van der Waals surface area contributed by atoms with Crippen molar-refractivity contribution in [2.24, 2.45) is 0 Å². The Kier molecular flexibility index (Phi) is 7.37. The molecule has 0 amide bonds. The van der Waals surface area contributed by atoms with E-state index in [2.05, 4.69) is 132 Å². The van der Waals surface area contributed by atoms with Gasteiger partial charge >= 0.3 is 0 Å². The van der Waals surface area contributed by atoms with Crippen LogP contribution in [0.5, 0.6) is 0 Å². The summed E-state index contributed by atoms with van der Waals surface area (Å²) in [7, 11) is 0. The number of rotatable bonds is 5. The second-order valence-electron chi connectivity index (χ2n) is 15.4. The van der Waals surface area contributed by atoms with E-state index in [4.69, 9.17) is 24.4 Å². The number of thiophene rings is 1. The molecule has 0 aliphatic carbocycles. The molecular weight excluding hydrogens is 767 g/mol. The molecule has 6 nitrogen and oxygen atoms in total. The largest absolute Gasteiger partial charge is 0.438 e. The summed E-state index contributed by atoms with van der Waals surface area (Å²) in [6.07, 6.45) is 0. The van der Waals surface area contributed by atoms with E-state index in [0.717, 1.165) is 82.8 Å². The van der Waals surface area contributed by atoms with Gasteiger partial charge < -0.3 is 4.42 Å². The highest BCUT2D eigenvalue weighted by atomic mass is 32.1. The van der Waals surface area contributed by atoms with Crippen molar-refractivity contribution in [1.82, 2.24) is 24.5 Å². The van der Waals surface area contributed by atoms with Crippen molar-refractivity contribution in [3.8, 4) is 51.0 Å². The van der Waals surface area contributed by atoms with Crippen LogP contribution in [0.25, 0.3) is 126 Å². The zero-order chi connectivity index (χ0) is 40.0. The van der Waals surface area contributed by atoms with Crippen molar-refractivity contribution in [3.63, 3.8) is 0 Å². The lowest BCUT2D eigenvalue weighted by Gasteiger charge is -2.13. The molecule has 0 unspecified atom stereocenters. The van der Waals surface area contributed by atoms with E-state index in [0.29, 0.717) is 17.4 Å². The standard InChI is InChI=1S/C54H31N5OS/c1-3-14-32(15-4-1)49-48-40-20-8-11-24-46(40)60-54(48)58-52(56-49)35-27-29-45-42(31-35)41-30-34(36-21-13-22-38-37-18-9-12-25-47(37)61-50(36)38)26-28-44(41)59(45)53-39-19-7-10-23-43(39)55-51(57-53)33-16-5-2-6-17-33/h1-31H. The van der Waals surface area contributed by atoms with Crippen molar-refractivity contribution in [2.45, 2.75) is 0 Å². The number of aromatic nitrogens is 5. The molecule has 0 fully saturated rings. The second-order valence-corrected chi connectivity index (χ2v) is 16.4. The summed E-state index contributed by atoms with van der Waals surface area (Å²) < 4.78 is 11.3. The Hall–Kier alpha value is -8.00. The Morgan fingerprint density at radius 1 is 0.426 bits per heavy atom. The van der Waals surface area contributed by atoms with E-state index in [1.54, 1.807) is 0 Å². The lowest BCUT2D eigenvalue weighted by molar-refractivity contribution is 0.653. The van der Waals surface area contributed by atoms with Crippen molar-refractivity contribution in [1.29, 1.82) is 0 Å². The number of hydrogen-bond donors (Lipinski definition) is 0. The predicted octanol–water partition coefficient (Wildman–Crippen LogP) is 14.5. The fourth-order valence-corrected chi connectivity index (χ4v) is 10.3. The van der Waals surface area contributed by atoms with Gasteiger partial charge in [-0.15, -0.1) is 11.3 Å². The van der Waals surface area contributed by atoms with Gasteiger partial charge in [0.15, 0.2) is 11.6 Å². The molecule has 0 N–H and O–H groups in total. The van der Waals surface area contributed by atoms with Gasteiger partial charge in [0.25, 0.3) is 0 Å². The van der Waals surface area contributed by atoms with Crippen molar-refractivity contribution in [3.05, 3.63) is 188 Å². The molecule has 0 aliphatic rings. The van der Waals surface area contributed by atoms with Gasteiger partial charge in [-0.2, -0.15) is 4.98 Å². The molecule has 0 bridgehead atoms. The molecule has 5 heterocycles. The Morgan fingerprint density at radius 2 is 1.07 bits per heavy atom. The molecular formula is C54H31N5OS.